The Kier molecular flexibility index (Phi) is 4.31. The lowest BCUT2D eigenvalue weighted by Gasteiger charge is -2.10. The van der Waals surface area contributed by atoms with Crippen LogP contribution >= 0.6 is 15.9 Å². The predicted octanol–water partition coefficient (Wildman–Crippen LogP) is 2.39. The van der Waals surface area contributed by atoms with E-state index in [9.17, 15) is 4.79 Å². The summed E-state index contributed by atoms with van der Waals surface area (Å²) in [5, 5.41) is 2.71. The van der Waals surface area contributed by atoms with Crippen LogP contribution in [-0.4, -0.2) is 15.9 Å². The van der Waals surface area contributed by atoms with Gasteiger partial charge in [0.15, 0.2) is 0 Å². The summed E-state index contributed by atoms with van der Waals surface area (Å²) in [4.78, 5) is 20.4. The molecule has 2 aromatic heterocycles. The molecule has 2 heterocycles. The van der Waals surface area contributed by atoms with Crippen LogP contribution < -0.4 is 16.6 Å². The van der Waals surface area contributed by atoms with Gasteiger partial charge >= 0.3 is 0 Å². The molecule has 0 aromatic carbocycles. The highest BCUT2D eigenvalue weighted by Crippen LogP contribution is 2.19. The van der Waals surface area contributed by atoms with Gasteiger partial charge in [0.1, 0.15) is 5.82 Å². The van der Waals surface area contributed by atoms with Gasteiger partial charge in [-0.05, 0) is 47.5 Å². The zero-order valence-corrected chi connectivity index (χ0v) is 12.7. The number of pyridine rings is 2. The van der Waals surface area contributed by atoms with Crippen LogP contribution in [0.15, 0.2) is 29.0 Å². The number of aryl methyl sites for hydroxylation is 2. The number of nitrogen functional groups attached to an aromatic ring is 1. The lowest BCUT2D eigenvalue weighted by molar-refractivity contribution is 0.102. The highest BCUT2D eigenvalue weighted by molar-refractivity contribution is 9.10. The third-order valence-electron chi connectivity index (χ3n) is 2.73. The maximum Gasteiger partial charge on any atom is 0.260 e. The van der Waals surface area contributed by atoms with E-state index >= 15 is 0 Å². The minimum Gasteiger partial charge on any atom is -0.323 e. The van der Waals surface area contributed by atoms with Gasteiger partial charge in [0.2, 0.25) is 0 Å². The Morgan fingerprint density at radius 2 is 2.00 bits per heavy atom. The highest BCUT2D eigenvalue weighted by atomic mass is 79.9. The molecule has 0 aliphatic rings. The van der Waals surface area contributed by atoms with Crippen LogP contribution in [-0.2, 0) is 0 Å². The van der Waals surface area contributed by atoms with E-state index in [0.29, 0.717) is 17.1 Å². The maximum atomic E-state index is 12.2. The smallest absolute Gasteiger partial charge is 0.260 e. The van der Waals surface area contributed by atoms with Crippen LogP contribution in [0.2, 0.25) is 0 Å². The Labute approximate surface area is 124 Å². The van der Waals surface area contributed by atoms with Gasteiger partial charge in [0, 0.05) is 22.6 Å². The summed E-state index contributed by atoms with van der Waals surface area (Å²) in [5.41, 5.74) is 5.13. The molecule has 2 rings (SSSR count). The van der Waals surface area contributed by atoms with Crippen molar-refractivity contribution in [2.24, 2.45) is 5.84 Å². The minimum atomic E-state index is -0.320. The number of nitrogens with zero attached hydrogens (tertiary/aromatic N) is 2. The summed E-state index contributed by atoms with van der Waals surface area (Å²) in [6.45, 7) is 3.74. The topological polar surface area (TPSA) is 92.9 Å². The summed E-state index contributed by atoms with van der Waals surface area (Å²) in [6, 6.07) is 3.48. The summed E-state index contributed by atoms with van der Waals surface area (Å²) in [5.74, 6) is 5.57. The van der Waals surface area contributed by atoms with Gasteiger partial charge in [-0.3, -0.25) is 15.6 Å². The van der Waals surface area contributed by atoms with E-state index in [1.54, 1.807) is 18.3 Å². The molecular formula is C13H14BrN5O. The first-order valence-corrected chi connectivity index (χ1v) is 6.67. The van der Waals surface area contributed by atoms with Crippen molar-refractivity contribution in [3.8, 4) is 0 Å². The van der Waals surface area contributed by atoms with Crippen molar-refractivity contribution in [2.45, 2.75) is 13.8 Å². The van der Waals surface area contributed by atoms with Crippen molar-refractivity contribution < 1.29 is 4.79 Å². The van der Waals surface area contributed by atoms with E-state index in [1.165, 1.54) is 6.20 Å². The molecule has 0 bridgehead atoms. The molecular weight excluding hydrogens is 322 g/mol. The fourth-order valence-corrected chi connectivity index (χ4v) is 1.87. The largest absolute Gasteiger partial charge is 0.323 e. The molecule has 0 fully saturated rings. The van der Waals surface area contributed by atoms with E-state index in [1.807, 2.05) is 13.8 Å². The quantitative estimate of drug-likeness (QED) is 0.591. The SMILES string of the molecule is Cc1cc(NN)c(C(=O)Nc2cc(C)c(Br)cn2)cn1. The van der Waals surface area contributed by atoms with Gasteiger partial charge < -0.3 is 10.7 Å². The molecule has 7 heteroatoms. The number of amides is 1. The number of anilines is 2. The first-order valence-electron chi connectivity index (χ1n) is 5.88. The lowest BCUT2D eigenvalue weighted by atomic mass is 10.2. The van der Waals surface area contributed by atoms with Crippen molar-refractivity contribution in [2.75, 3.05) is 10.7 Å². The molecule has 0 unspecified atom stereocenters. The second kappa shape index (κ2) is 5.98. The number of hydrogen-bond acceptors (Lipinski definition) is 5. The van der Waals surface area contributed by atoms with Crippen LogP contribution in [0, 0.1) is 13.8 Å². The number of carbonyl (C=O) groups is 1. The lowest BCUT2D eigenvalue weighted by Crippen LogP contribution is -2.18. The van der Waals surface area contributed by atoms with Crippen molar-refractivity contribution in [3.63, 3.8) is 0 Å². The van der Waals surface area contributed by atoms with Gasteiger partial charge in [-0.15, -0.1) is 0 Å². The number of aromatic nitrogens is 2. The molecule has 4 N–H and O–H groups in total. The molecule has 0 saturated heterocycles. The zero-order chi connectivity index (χ0) is 14.7. The van der Waals surface area contributed by atoms with Gasteiger partial charge in [-0.25, -0.2) is 4.98 Å². The number of hydrazine groups is 1. The second-order valence-corrected chi connectivity index (χ2v) is 5.14. The Bertz CT molecular complexity index is 659. The molecule has 0 aliphatic heterocycles. The van der Waals surface area contributed by atoms with E-state index < -0.39 is 0 Å². The molecule has 20 heavy (non-hydrogen) atoms. The standard InChI is InChI=1S/C13H14BrN5O/c1-7-3-12(17-6-10(7)14)18-13(20)9-5-16-8(2)4-11(9)19-15/h3-6H,15H2,1-2H3,(H,16,19)(H,17,18,20). The predicted molar refractivity (Wildman–Crippen MR) is 81.4 cm³/mol. The molecule has 0 atom stereocenters. The molecule has 0 saturated carbocycles. The Hall–Kier alpha value is -1.99. The summed E-state index contributed by atoms with van der Waals surface area (Å²) in [6.07, 6.45) is 3.12. The number of rotatable bonds is 3. The van der Waals surface area contributed by atoms with E-state index in [2.05, 4.69) is 36.6 Å². The first-order chi connectivity index (χ1) is 9.51. The average molecular weight is 336 g/mol. The van der Waals surface area contributed by atoms with Crippen LogP contribution in [0.5, 0.6) is 0 Å². The van der Waals surface area contributed by atoms with Crippen molar-refractivity contribution in [1.29, 1.82) is 0 Å². The second-order valence-electron chi connectivity index (χ2n) is 4.29. The molecule has 104 valence electrons. The number of carbonyl (C=O) groups excluding carboxylic acids is 1. The van der Waals surface area contributed by atoms with Gasteiger partial charge in [-0.2, -0.15) is 0 Å². The van der Waals surface area contributed by atoms with E-state index in [4.69, 9.17) is 5.84 Å². The van der Waals surface area contributed by atoms with Crippen molar-refractivity contribution in [1.82, 2.24) is 9.97 Å². The minimum absolute atomic E-state index is 0.320. The zero-order valence-electron chi connectivity index (χ0n) is 11.1. The third kappa shape index (κ3) is 3.12. The number of hydrogen-bond donors (Lipinski definition) is 3. The fraction of sp³-hybridized carbons (Fsp3) is 0.154. The molecule has 6 nitrogen and oxygen atoms in total. The van der Waals surface area contributed by atoms with Crippen molar-refractivity contribution in [3.05, 3.63) is 45.8 Å². The summed E-state index contributed by atoms with van der Waals surface area (Å²) < 4.78 is 0.886. The number of nitrogens with two attached hydrogens (primary N) is 1. The molecule has 2 aromatic rings. The number of nitrogens with one attached hydrogen (secondary N) is 2. The van der Waals surface area contributed by atoms with Gasteiger partial charge in [-0.1, -0.05) is 0 Å². The Balaban J connectivity index is 2.25. The molecule has 0 spiro atoms. The van der Waals surface area contributed by atoms with Crippen LogP contribution in [0.25, 0.3) is 0 Å². The van der Waals surface area contributed by atoms with E-state index in [0.717, 1.165) is 15.7 Å². The third-order valence-corrected chi connectivity index (χ3v) is 3.56. The molecule has 0 radical (unpaired) electrons. The molecule has 0 aliphatic carbocycles. The van der Waals surface area contributed by atoms with Gasteiger partial charge in [0.05, 0.1) is 11.3 Å². The highest BCUT2D eigenvalue weighted by Gasteiger charge is 2.13. The normalized spacial score (nSPS) is 10.2. The van der Waals surface area contributed by atoms with Crippen molar-refractivity contribution >= 4 is 33.3 Å². The Morgan fingerprint density at radius 3 is 2.65 bits per heavy atom. The average Bonchev–Trinajstić information content (AvgIpc) is 2.42. The van der Waals surface area contributed by atoms with Crippen LogP contribution in [0.4, 0.5) is 11.5 Å². The Morgan fingerprint density at radius 1 is 1.25 bits per heavy atom. The maximum absolute atomic E-state index is 12.2. The van der Waals surface area contributed by atoms with Crippen LogP contribution in [0.3, 0.4) is 0 Å². The van der Waals surface area contributed by atoms with E-state index in [-0.39, 0.29) is 5.91 Å². The summed E-state index contributed by atoms with van der Waals surface area (Å²) in [7, 11) is 0. The van der Waals surface area contributed by atoms with Crippen LogP contribution in [0.1, 0.15) is 21.6 Å². The first kappa shape index (κ1) is 14.4. The monoisotopic (exact) mass is 335 g/mol. The molecule has 1 amide bonds. The fourth-order valence-electron chi connectivity index (χ4n) is 1.65. The van der Waals surface area contributed by atoms with Gasteiger partial charge in [0.25, 0.3) is 5.91 Å². The summed E-state index contributed by atoms with van der Waals surface area (Å²) >= 11 is 3.36. The number of halogens is 1.